The van der Waals surface area contributed by atoms with Gasteiger partial charge in [0, 0.05) is 29.1 Å². The lowest BCUT2D eigenvalue weighted by molar-refractivity contribution is -0.208. The Balaban J connectivity index is 1.36. The van der Waals surface area contributed by atoms with Crippen molar-refractivity contribution in [3.8, 4) is 0 Å². The Morgan fingerprint density at radius 3 is 2.64 bits per heavy atom. The van der Waals surface area contributed by atoms with Crippen molar-refractivity contribution in [1.82, 2.24) is 0 Å². The average Bonchev–Trinajstić information content (AvgIpc) is 3.41. The van der Waals surface area contributed by atoms with Gasteiger partial charge in [0.05, 0.1) is 18.1 Å². The number of carbonyl (C=O) groups excluding carboxylic acids is 3. The summed E-state index contributed by atoms with van der Waals surface area (Å²) in [6.45, 7) is 7.43. The van der Waals surface area contributed by atoms with Crippen molar-refractivity contribution in [2.24, 2.45) is 40.4 Å². The Hall–Kier alpha value is -1.83. The molecule has 0 aromatic heterocycles. The van der Waals surface area contributed by atoms with Crippen molar-refractivity contribution in [3.05, 3.63) is 23.8 Å². The Morgan fingerprint density at radius 1 is 1.18 bits per heavy atom. The lowest BCUT2D eigenvalue weighted by Crippen LogP contribution is -2.63. The van der Waals surface area contributed by atoms with Gasteiger partial charge < -0.3 is 19.3 Å². The maximum Gasteiger partial charge on any atom is 0.308 e. The topological polar surface area (TPSA) is 99.1 Å². The molecule has 7 nitrogen and oxygen atoms in total. The van der Waals surface area contributed by atoms with Gasteiger partial charge in [0.2, 0.25) is 5.78 Å². The quantitative estimate of drug-likeness (QED) is 0.398. The van der Waals surface area contributed by atoms with Crippen LogP contribution in [0.3, 0.4) is 0 Å². The first-order valence-electron chi connectivity index (χ1n) is 15.1. The van der Waals surface area contributed by atoms with Gasteiger partial charge in [-0.2, -0.15) is 0 Å². The highest BCUT2D eigenvalue weighted by Gasteiger charge is 2.76. The van der Waals surface area contributed by atoms with Crippen LogP contribution in [-0.4, -0.2) is 53.3 Å². The Labute approximate surface area is 231 Å². The summed E-state index contributed by atoms with van der Waals surface area (Å²) in [7, 11) is 0. The van der Waals surface area contributed by atoms with Crippen molar-refractivity contribution in [1.29, 1.82) is 0 Å². The van der Waals surface area contributed by atoms with Crippen LogP contribution in [0.5, 0.6) is 0 Å². The molecular formula is C32H44O7. The number of aliphatic hydroxyl groups is 1. The number of esters is 1. The summed E-state index contributed by atoms with van der Waals surface area (Å²) >= 11 is 0. The molecule has 4 fully saturated rings. The van der Waals surface area contributed by atoms with Crippen molar-refractivity contribution in [2.45, 2.75) is 110 Å². The number of allylic oxidation sites excluding steroid dienone is 4. The Kier molecular flexibility index (Phi) is 6.75. The van der Waals surface area contributed by atoms with Crippen molar-refractivity contribution >= 4 is 17.5 Å². The summed E-state index contributed by atoms with van der Waals surface area (Å²) in [6, 6.07) is 0. The third-order valence-electron chi connectivity index (χ3n) is 11.5. The van der Waals surface area contributed by atoms with E-state index in [9.17, 15) is 19.5 Å². The number of rotatable bonds is 5. The molecule has 0 aromatic rings. The zero-order valence-electron chi connectivity index (χ0n) is 23.8. The standard InChI is InChI=1S/C32H44O7/c1-18(2)28(36)37-17-25(35)32-26(38-29(39-32)19-8-6-5-7-9-19)15-23-22-11-10-20-14-21(33)12-13-30(20,3)27(22)24(34)16-31(23,32)4/h10,12-13,18-19,22-24,26-27,29,34H,5-9,11,14-17H2,1-4H3/t22-,23-,24-,26+,27+,29?,30-,31-,32+/m0/s1. The van der Waals surface area contributed by atoms with E-state index in [1.165, 1.54) is 6.42 Å². The van der Waals surface area contributed by atoms with E-state index in [-0.39, 0.29) is 53.2 Å². The smallest absolute Gasteiger partial charge is 0.308 e. The fourth-order valence-corrected chi connectivity index (χ4v) is 9.53. The van der Waals surface area contributed by atoms with E-state index in [0.717, 1.165) is 37.7 Å². The van der Waals surface area contributed by atoms with Crippen LogP contribution in [0.2, 0.25) is 0 Å². The van der Waals surface area contributed by atoms with Gasteiger partial charge in [0.1, 0.15) is 0 Å². The number of ether oxygens (including phenoxy) is 3. The van der Waals surface area contributed by atoms with Gasteiger partial charge in [-0.15, -0.1) is 0 Å². The SMILES string of the molecule is CC(C)C(=O)OCC(=O)[C@@]12OC(C3CCCCC3)O[C@@H]1C[C@H]1[C@@H]3CC=C4CC(=O)C=C[C@]4(C)[C@H]3[C@@H](O)C[C@@]12C. The van der Waals surface area contributed by atoms with Crippen LogP contribution in [0.1, 0.15) is 85.5 Å². The van der Waals surface area contributed by atoms with Gasteiger partial charge in [-0.3, -0.25) is 14.4 Å². The molecule has 0 bridgehead atoms. The van der Waals surface area contributed by atoms with E-state index >= 15 is 0 Å². The van der Waals surface area contributed by atoms with Gasteiger partial charge in [-0.1, -0.05) is 64.7 Å². The molecule has 0 spiro atoms. The van der Waals surface area contributed by atoms with Crippen LogP contribution in [0.15, 0.2) is 23.8 Å². The first-order valence-corrected chi connectivity index (χ1v) is 15.1. The lowest BCUT2D eigenvalue weighted by atomic mass is 9.47. The van der Waals surface area contributed by atoms with E-state index in [0.29, 0.717) is 19.3 Å². The van der Waals surface area contributed by atoms with Crippen LogP contribution in [-0.2, 0) is 28.6 Å². The predicted octanol–water partition coefficient (Wildman–Crippen LogP) is 4.70. The van der Waals surface area contributed by atoms with Crippen LogP contribution >= 0.6 is 0 Å². The zero-order valence-corrected chi connectivity index (χ0v) is 23.8. The normalized spacial score (nSPS) is 45.3. The Morgan fingerprint density at radius 2 is 1.92 bits per heavy atom. The summed E-state index contributed by atoms with van der Waals surface area (Å²) in [4.78, 5) is 38.8. The number of Topliss-reactive ketones (excluding diaryl/α,β-unsaturated/α-hetero) is 1. The van der Waals surface area contributed by atoms with Gasteiger partial charge in [0.25, 0.3) is 0 Å². The van der Waals surface area contributed by atoms with Gasteiger partial charge in [-0.25, -0.2) is 0 Å². The molecule has 7 heteroatoms. The van der Waals surface area contributed by atoms with E-state index in [4.69, 9.17) is 14.2 Å². The second kappa shape index (κ2) is 9.63. The monoisotopic (exact) mass is 540 g/mol. The molecule has 39 heavy (non-hydrogen) atoms. The summed E-state index contributed by atoms with van der Waals surface area (Å²) in [5, 5.41) is 11.9. The summed E-state index contributed by atoms with van der Waals surface area (Å²) in [5.74, 6) is -0.439. The lowest BCUT2D eigenvalue weighted by Gasteiger charge is -2.59. The highest BCUT2D eigenvalue weighted by atomic mass is 16.7. The number of hydrogen-bond acceptors (Lipinski definition) is 7. The van der Waals surface area contributed by atoms with E-state index in [2.05, 4.69) is 19.9 Å². The van der Waals surface area contributed by atoms with Crippen LogP contribution in [0, 0.1) is 40.4 Å². The van der Waals surface area contributed by atoms with Gasteiger partial charge in [-0.05, 0) is 50.0 Å². The molecule has 0 amide bonds. The molecule has 1 N–H and O–H groups in total. The van der Waals surface area contributed by atoms with Crippen LogP contribution < -0.4 is 0 Å². The zero-order chi connectivity index (χ0) is 27.7. The number of carbonyl (C=O) groups is 3. The van der Waals surface area contributed by atoms with Crippen molar-refractivity contribution in [2.75, 3.05) is 6.61 Å². The molecule has 1 unspecified atom stereocenters. The largest absolute Gasteiger partial charge is 0.457 e. The molecular weight excluding hydrogens is 496 g/mol. The second-order valence-electron chi connectivity index (χ2n) is 13.9. The molecule has 0 aromatic carbocycles. The maximum absolute atomic E-state index is 14.2. The van der Waals surface area contributed by atoms with E-state index in [1.807, 2.05) is 6.08 Å². The molecule has 9 atom stereocenters. The van der Waals surface area contributed by atoms with E-state index < -0.39 is 35.5 Å². The minimum absolute atomic E-state index is 0.0428. The second-order valence-corrected chi connectivity index (χ2v) is 13.9. The highest BCUT2D eigenvalue weighted by molar-refractivity contribution is 5.94. The summed E-state index contributed by atoms with van der Waals surface area (Å²) < 4.78 is 19.0. The Bertz CT molecular complexity index is 1100. The molecule has 1 saturated heterocycles. The van der Waals surface area contributed by atoms with Gasteiger partial charge >= 0.3 is 5.97 Å². The van der Waals surface area contributed by atoms with E-state index in [1.54, 1.807) is 19.9 Å². The number of ketones is 2. The fourth-order valence-electron chi connectivity index (χ4n) is 9.53. The first-order chi connectivity index (χ1) is 18.5. The average molecular weight is 541 g/mol. The highest BCUT2D eigenvalue weighted by Crippen LogP contribution is 2.69. The minimum atomic E-state index is -1.26. The van der Waals surface area contributed by atoms with Crippen LogP contribution in [0.4, 0.5) is 0 Å². The predicted molar refractivity (Wildman–Crippen MR) is 143 cm³/mol. The molecule has 3 saturated carbocycles. The third-order valence-corrected chi connectivity index (χ3v) is 11.5. The number of aliphatic hydroxyl groups excluding tert-OH is 1. The molecule has 214 valence electrons. The minimum Gasteiger partial charge on any atom is -0.457 e. The first kappa shape index (κ1) is 27.3. The van der Waals surface area contributed by atoms with Crippen molar-refractivity contribution in [3.63, 3.8) is 0 Å². The summed E-state index contributed by atoms with van der Waals surface area (Å²) in [6.07, 6.45) is 12.1. The third kappa shape index (κ3) is 3.97. The van der Waals surface area contributed by atoms with Gasteiger partial charge in [0.15, 0.2) is 24.3 Å². The number of fused-ring (bicyclic) bond motifs is 7. The van der Waals surface area contributed by atoms with Crippen molar-refractivity contribution < 1.29 is 33.7 Å². The fraction of sp³-hybridized carbons (Fsp3) is 0.781. The molecule has 6 aliphatic rings. The number of hydrogen-bond donors (Lipinski definition) is 1. The maximum atomic E-state index is 14.2. The molecule has 1 heterocycles. The molecule has 5 aliphatic carbocycles. The molecule has 1 aliphatic heterocycles. The summed E-state index contributed by atoms with van der Waals surface area (Å²) in [5.41, 5.74) is -1.20. The molecule has 6 rings (SSSR count). The molecule has 0 radical (unpaired) electrons. The van der Waals surface area contributed by atoms with Crippen LogP contribution in [0.25, 0.3) is 0 Å².